The minimum atomic E-state index is -4.05. The number of nitrogens with one attached hydrogen (secondary N) is 1. The normalized spacial score (nSPS) is 12.1. The molecule has 0 heterocycles. The highest BCUT2D eigenvalue weighted by Gasteiger charge is 2.30. The summed E-state index contributed by atoms with van der Waals surface area (Å²) < 4.78 is 33.2. The molecule has 8 heteroatoms. The molecule has 2 rings (SSSR count). The first-order chi connectivity index (χ1) is 13.5. The molecule has 158 valence electrons. The largest absolute Gasteiger partial charge is 0.495 e. The quantitative estimate of drug-likeness (QED) is 0.681. The van der Waals surface area contributed by atoms with Crippen molar-refractivity contribution in [3.05, 3.63) is 59.1 Å². The Balaban J connectivity index is 2.38. The second-order valence-electron chi connectivity index (χ2n) is 7.89. The smallest absolute Gasteiger partial charge is 0.247 e. The fraction of sp³-hybridized carbons (Fsp3) is 0.381. The zero-order valence-corrected chi connectivity index (χ0v) is 18.7. The van der Waals surface area contributed by atoms with Gasteiger partial charge in [0.15, 0.2) is 0 Å². The van der Waals surface area contributed by atoms with Gasteiger partial charge in [-0.15, -0.1) is 0 Å². The van der Waals surface area contributed by atoms with Gasteiger partial charge in [-0.2, -0.15) is 4.31 Å². The van der Waals surface area contributed by atoms with Gasteiger partial charge in [0, 0.05) is 18.1 Å². The molecule has 0 aromatic heterocycles. The summed E-state index contributed by atoms with van der Waals surface area (Å²) in [5.74, 6) is -0.206. The van der Waals surface area contributed by atoms with E-state index in [1.807, 2.05) is 51.1 Å². The number of amides is 1. The Morgan fingerprint density at radius 1 is 1.14 bits per heavy atom. The van der Waals surface area contributed by atoms with Crippen molar-refractivity contribution in [2.24, 2.45) is 5.41 Å². The third-order valence-corrected chi connectivity index (χ3v) is 6.13. The molecule has 0 fully saturated rings. The summed E-state index contributed by atoms with van der Waals surface area (Å²) in [5, 5.41) is 3.07. The van der Waals surface area contributed by atoms with Gasteiger partial charge in [-0.3, -0.25) is 4.79 Å². The van der Waals surface area contributed by atoms with Gasteiger partial charge >= 0.3 is 0 Å². The number of carbonyl (C=O) groups excluding carboxylic acids is 1. The van der Waals surface area contributed by atoms with Crippen LogP contribution in [0.15, 0.2) is 53.4 Å². The molecule has 0 aliphatic carbocycles. The standard InChI is InChI=1S/C21H27ClN2O4S/c1-21(2,3)15-23-20(25)14-24(13-16-8-6-5-7-9-16)29(26,27)19-12-17(22)10-11-18(19)28-4/h5-12H,13-15H2,1-4H3,(H,23,25). The summed E-state index contributed by atoms with van der Waals surface area (Å²) in [7, 11) is -2.66. The van der Waals surface area contributed by atoms with Gasteiger partial charge in [-0.05, 0) is 29.2 Å². The number of ether oxygens (including phenoxy) is 1. The number of methoxy groups -OCH3 is 1. The van der Waals surface area contributed by atoms with E-state index in [0.29, 0.717) is 6.54 Å². The molecule has 0 aliphatic rings. The third-order valence-electron chi connectivity index (χ3n) is 4.08. The molecular formula is C21H27ClN2O4S. The number of nitrogens with zero attached hydrogens (tertiary/aromatic N) is 1. The predicted molar refractivity (Wildman–Crippen MR) is 115 cm³/mol. The van der Waals surface area contributed by atoms with Gasteiger partial charge < -0.3 is 10.1 Å². The van der Waals surface area contributed by atoms with Crippen molar-refractivity contribution >= 4 is 27.5 Å². The van der Waals surface area contributed by atoms with E-state index in [4.69, 9.17) is 16.3 Å². The Kier molecular flexibility index (Phi) is 7.68. The van der Waals surface area contributed by atoms with Crippen molar-refractivity contribution in [1.29, 1.82) is 0 Å². The summed E-state index contributed by atoms with van der Waals surface area (Å²) >= 11 is 6.03. The summed E-state index contributed by atoms with van der Waals surface area (Å²) in [5.41, 5.74) is 0.648. The zero-order chi connectivity index (χ0) is 21.7. The molecule has 0 saturated carbocycles. The highest BCUT2D eigenvalue weighted by atomic mass is 35.5. The van der Waals surface area contributed by atoms with Crippen molar-refractivity contribution < 1.29 is 17.9 Å². The van der Waals surface area contributed by atoms with E-state index in [1.54, 1.807) is 6.07 Å². The average molecular weight is 439 g/mol. The van der Waals surface area contributed by atoms with Crippen LogP contribution >= 0.6 is 11.6 Å². The summed E-state index contributed by atoms with van der Waals surface area (Å²) in [6.45, 7) is 6.13. The molecule has 0 radical (unpaired) electrons. The number of carbonyl (C=O) groups is 1. The van der Waals surface area contributed by atoms with E-state index in [-0.39, 0.29) is 40.1 Å². The van der Waals surface area contributed by atoms with Crippen LogP contribution in [-0.2, 0) is 21.4 Å². The van der Waals surface area contributed by atoms with Crippen molar-refractivity contribution in [3.63, 3.8) is 0 Å². The Morgan fingerprint density at radius 3 is 2.38 bits per heavy atom. The second-order valence-corrected chi connectivity index (χ2v) is 10.2. The maximum Gasteiger partial charge on any atom is 0.247 e. The van der Waals surface area contributed by atoms with E-state index in [1.165, 1.54) is 19.2 Å². The lowest BCUT2D eigenvalue weighted by Gasteiger charge is -2.24. The molecule has 0 spiro atoms. The molecule has 29 heavy (non-hydrogen) atoms. The topological polar surface area (TPSA) is 75.7 Å². The van der Waals surface area contributed by atoms with E-state index in [2.05, 4.69) is 5.32 Å². The highest BCUT2D eigenvalue weighted by molar-refractivity contribution is 7.89. The molecule has 0 unspecified atom stereocenters. The fourth-order valence-electron chi connectivity index (χ4n) is 2.58. The van der Waals surface area contributed by atoms with Crippen LogP contribution in [0.5, 0.6) is 5.75 Å². The van der Waals surface area contributed by atoms with Gasteiger partial charge in [-0.25, -0.2) is 8.42 Å². The Hall–Kier alpha value is -2.09. The Bertz CT molecular complexity index is 941. The van der Waals surface area contributed by atoms with Gasteiger partial charge in [-0.1, -0.05) is 62.7 Å². The van der Waals surface area contributed by atoms with Crippen LogP contribution < -0.4 is 10.1 Å². The summed E-state index contributed by atoms with van der Waals surface area (Å²) in [6, 6.07) is 13.5. The molecule has 0 saturated heterocycles. The van der Waals surface area contributed by atoms with Gasteiger partial charge in [0.1, 0.15) is 10.6 Å². The third kappa shape index (κ3) is 6.73. The van der Waals surface area contributed by atoms with E-state index in [0.717, 1.165) is 9.87 Å². The van der Waals surface area contributed by atoms with Gasteiger partial charge in [0.05, 0.1) is 13.7 Å². The lowest BCUT2D eigenvalue weighted by atomic mass is 9.97. The molecule has 1 N–H and O–H groups in total. The number of benzene rings is 2. The van der Waals surface area contributed by atoms with Crippen LogP contribution in [0.25, 0.3) is 0 Å². The molecule has 2 aromatic rings. The monoisotopic (exact) mass is 438 g/mol. The number of hydrogen-bond donors (Lipinski definition) is 1. The fourth-order valence-corrected chi connectivity index (χ4v) is 4.39. The molecule has 0 aliphatic heterocycles. The molecule has 2 aromatic carbocycles. The van der Waals surface area contributed by atoms with Crippen LogP contribution in [0.4, 0.5) is 0 Å². The van der Waals surface area contributed by atoms with E-state index < -0.39 is 10.0 Å². The maximum absolute atomic E-state index is 13.4. The minimum Gasteiger partial charge on any atom is -0.495 e. The maximum atomic E-state index is 13.4. The highest BCUT2D eigenvalue weighted by Crippen LogP contribution is 2.30. The average Bonchev–Trinajstić information content (AvgIpc) is 2.66. The molecular weight excluding hydrogens is 412 g/mol. The molecule has 6 nitrogen and oxygen atoms in total. The van der Waals surface area contributed by atoms with Crippen LogP contribution in [0, 0.1) is 5.41 Å². The first-order valence-electron chi connectivity index (χ1n) is 9.17. The minimum absolute atomic E-state index is 0.0434. The second kappa shape index (κ2) is 9.61. The van der Waals surface area contributed by atoms with Gasteiger partial charge in [0.2, 0.25) is 15.9 Å². The Labute approximate surface area is 177 Å². The first kappa shape index (κ1) is 23.2. The SMILES string of the molecule is COc1ccc(Cl)cc1S(=O)(=O)N(CC(=O)NCC(C)(C)C)Cc1ccccc1. The molecule has 0 atom stereocenters. The van der Waals surface area contributed by atoms with Crippen molar-refractivity contribution in [1.82, 2.24) is 9.62 Å². The zero-order valence-electron chi connectivity index (χ0n) is 17.1. The number of rotatable bonds is 8. The van der Waals surface area contributed by atoms with Crippen LogP contribution in [0.2, 0.25) is 5.02 Å². The van der Waals surface area contributed by atoms with E-state index in [9.17, 15) is 13.2 Å². The van der Waals surface area contributed by atoms with E-state index >= 15 is 0 Å². The molecule has 1 amide bonds. The van der Waals surface area contributed by atoms with Crippen LogP contribution in [0.3, 0.4) is 0 Å². The van der Waals surface area contributed by atoms with Crippen molar-refractivity contribution in [2.75, 3.05) is 20.2 Å². The summed E-state index contributed by atoms with van der Waals surface area (Å²) in [6.07, 6.45) is 0. The van der Waals surface area contributed by atoms with Crippen molar-refractivity contribution in [3.8, 4) is 5.75 Å². The lowest BCUT2D eigenvalue weighted by Crippen LogP contribution is -2.42. The Morgan fingerprint density at radius 2 is 1.79 bits per heavy atom. The number of hydrogen-bond acceptors (Lipinski definition) is 4. The number of halogens is 1. The molecule has 0 bridgehead atoms. The lowest BCUT2D eigenvalue weighted by molar-refractivity contribution is -0.121. The predicted octanol–water partition coefficient (Wildman–Crippen LogP) is 3.70. The first-order valence-corrected chi connectivity index (χ1v) is 11.0. The van der Waals surface area contributed by atoms with Crippen LogP contribution in [0.1, 0.15) is 26.3 Å². The van der Waals surface area contributed by atoms with Crippen molar-refractivity contribution in [2.45, 2.75) is 32.2 Å². The van der Waals surface area contributed by atoms with Crippen LogP contribution in [-0.4, -0.2) is 38.8 Å². The number of sulfonamides is 1. The summed E-state index contributed by atoms with van der Waals surface area (Å²) in [4.78, 5) is 12.4. The van der Waals surface area contributed by atoms with Gasteiger partial charge in [0.25, 0.3) is 0 Å².